The van der Waals surface area contributed by atoms with Gasteiger partial charge in [-0.1, -0.05) is 12.1 Å². The number of carboxylic acid groups (broad SMARTS) is 1. The Hall–Kier alpha value is -3.22. The van der Waals surface area contributed by atoms with Crippen molar-refractivity contribution in [1.82, 2.24) is 14.8 Å². The van der Waals surface area contributed by atoms with Crippen molar-refractivity contribution < 1.29 is 14.7 Å². The molecule has 1 atom stereocenters. The minimum absolute atomic E-state index is 0.179. The second kappa shape index (κ2) is 6.95. The minimum Gasteiger partial charge on any atom is -0.481 e. The van der Waals surface area contributed by atoms with Crippen LogP contribution >= 0.6 is 0 Å². The number of benzene rings is 1. The maximum Gasteiger partial charge on any atom is 0.310 e. The second-order valence-electron chi connectivity index (χ2n) is 6.46. The molecule has 1 amide bonds. The number of nitrogens with zero attached hydrogens (tertiary/aromatic N) is 3. The van der Waals surface area contributed by atoms with Crippen molar-refractivity contribution in [3.05, 3.63) is 53.9 Å². The van der Waals surface area contributed by atoms with Crippen LogP contribution in [0.25, 0.3) is 11.0 Å². The molecule has 0 radical (unpaired) electrons. The number of hydrogen-bond acceptors (Lipinski definition) is 4. The highest BCUT2D eigenvalue weighted by molar-refractivity contribution is 6.05. The molecule has 0 spiro atoms. The SMILES string of the molecule is CC(C(=O)O)c1cccc(NC(=O)c2cnc3c(cnn3C(C)C)c2)c1. The van der Waals surface area contributed by atoms with Crippen molar-refractivity contribution >= 4 is 28.6 Å². The first-order chi connectivity index (χ1) is 12.4. The third-order valence-corrected chi connectivity index (χ3v) is 4.20. The quantitative estimate of drug-likeness (QED) is 0.733. The highest BCUT2D eigenvalue weighted by atomic mass is 16.4. The predicted octanol–water partition coefficient (Wildman–Crippen LogP) is 3.45. The Morgan fingerprint density at radius 1 is 1.15 bits per heavy atom. The first kappa shape index (κ1) is 17.6. The van der Waals surface area contributed by atoms with Gasteiger partial charge in [0.05, 0.1) is 17.7 Å². The van der Waals surface area contributed by atoms with Gasteiger partial charge in [0, 0.05) is 23.3 Å². The van der Waals surface area contributed by atoms with Crippen LogP contribution in [0.15, 0.2) is 42.7 Å². The van der Waals surface area contributed by atoms with E-state index in [-0.39, 0.29) is 11.9 Å². The summed E-state index contributed by atoms with van der Waals surface area (Å²) < 4.78 is 1.80. The van der Waals surface area contributed by atoms with Crippen LogP contribution in [0.3, 0.4) is 0 Å². The van der Waals surface area contributed by atoms with E-state index < -0.39 is 11.9 Å². The molecule has 0 saturated carbocycles. The van der Waals surface area contributed by atoms with Gasteiger partial charge in [0.15, 0.2) is 5.65 Å². The molecule has 0 fully saturated rings. The molecule has 134 valence electrons. The van der Waals surface area contributed by atoms with E-state index in [1.807, 2.05) is 13.8 Å². The molecule has 2 N–H and O–H groups in total. The van der Waals surface area contributed by atoms with E-state index in [1.165, 1.54) is 6.20 Å². The molecule has 3 aromatic rings. The fraction of sp³-hybridized carbons (Fsp3) is 0.263. The molecule has 0 aliphatic rings. The van der Waals surface area contributed by atoms with Gasteiger partial charge in [0.1, 0.15) is 0 Å². The first-order valence-electron chi connectivity index (χ1n) is 8.34. The van der Waals surface area contributed by atoms with Crippen LogP contribution in [0.4, 0.5) is 5.69 Å². The highest BCUT2D eigenvalue weighted by Crippen LogP contribution is 2.21. The molecular weight excluding hydrogens is 332 g/mol. The Morgan fingerprint density at radius 2 is 1.92 bits per heavy atom. The fourth-order valence-electron chi connectivity index (χ4n) is 2.67. The van der Waals surface area contributed by atoms with Gasteiger partial charge in [-0.25, -0.2) is 9.67 Å². The normalized spacial score (nSPS) is 12.3. The van der Waals surface area contributed by atoms with Crippen LogP contribution in [0, 0.1) is 0 Å². The van der Waals surface area contributed by atoms with Crippen molar-refractivity contribution in [2.45, 2.75) is 32.7 Å². The van der Waals surface area contributed by atoms with Crippen molar-refractivity contribution in [2.24, 2.45) is 0 Å². The monoisotopic (exact) mass is 352 g/mol. The molecule has 0 aliphatic heterocycles. The van der Waals surface area contributed by atoms with Gasteiger partial charge in [0.2, 0.25) is 0 Å². The Balaban J connectivity index is 1.83. The number of anilines is 1. The molecule has 7 nitrogen and oxygen atoms in total. The third kappa shape index (κ3) is 3.42. The van der Waals surface area contributed by atoms with Crippen LogP contribution in [0.5, 0.6) is 0 Å². The summed E-state index contributed by atoms with van der Waals surface area (Å²) >= 11 is 0. The van der Waals surface area contributed by atoms with Crippen molar-refractivity contribution in [3.8, 4) is 0 Å². The Kier molecular flexibility index (Phi) is 4.71. The van der Waals surface area contributed by atoms with E-state index in [9.17, 15) is 9.59 Å². The number of amides is 1. The number of pyridine rings is 1. The van der Waals surface area contributed by atoms with Crippen molar-refractivity contribution in [2.75, 3.05) is 5.32 Å². The number of nitrogens with one attached hydrogen (secondary N) is 1. The lowest BCUT2D eigenvalue weighted by Crippen LogP contribution is -2.13. The lowest BCUT2D eigenvalue weighted by Gasteiger charge is -2.10. The van der Waals surface area contributed by atoms with Crippen LogP contribution in [-0.2, 0) is 4.79 Å². The zero-order valence-corrected chi connectivity index (χ0v) is 14.8. The Labute approximate surface area is 150 Å². The van der Waals surface area contributed by atoms with Crippen LogP contribution in [0.1, 0.15) is 48.7 Å². The summed E-state index contributed by atoms with van der Waals surface area (Å²) in [6, 6.07) is 8.75. The number of rotatable bonds is 5. The van der Waals surface area contributed by atoms with Crippen LogP contribution < -0.4 is 5.32 Å². The van der Waals surface area contributed by atoms with Gasteiger partial charge >= 0.3 is 5.97 Å². The average molecular weight is 352 g/mol. The maximum absolute atomic E-state index is 12.5. The average Bonchev–Trinajstić information content (AvgIpc) is 3.04. The Bertz CT molecular complexity index is 978. The van der Waals surface area contributed by atoms with Gasteiger partial charge < -0.3 is 10.4 Å². The molecule has 1 aromatic carbocycles. The Morgan fingerprint density at radius 3 is 2.62 bits per heavy atom. The molecule has 0 aliphatic carbocycles. The van der Waals surface area contributed by atoms with E-state index in [0.29, 0.717) is 16.8 Å². The summed E-state index contributed by atoms with van der Waals surface area (Å²) in [5.41, 5.74) is 2.31. The summed E-state index contributed by atoms with van der Waals surface area (Å²) in [4.78, 5) is 28.0. The number of carbonyl (C=O) groups is 2. The van der Waals surface area contributed by atoms with Crippen molar-refractivity contribution in [3.63, 3.8) is 0 Å². The number of hydrogen-bond donors (Lipinski definition) is 2. The number of aliphatic carboxylic acids is 1. The molecule has 2 aromatic heterocycles. The van der Waals surface area contributed by atoms with Crippen molar-refractivity contribution in [1.29, 1.82) is 0 Å². The molecular formula is C19H20N4O3. The van der Waals surface area contributed by atoms with E-state index in [0.717, 1.165) is 11.0 Å². The first-order valence-corrected chi connectivity index (χ1v) is 8.34. The predicted molar refractivity (Wildman–Crippen MR) is 98.4 cm³/mol. The largest absolute Gasteiger partial charge is 0.481 e. The van der Waals surface area contributed by atoms with E-state index >= 15 is 0 Å². The number of aromatic nitrogens is 3. The molecule has 0 saturated heterocycles. The van der Waals surface area contributed by atoms with Crippen LogP contribution in [0.2, 0.25) is 0 Å². The lowest BCUT2D eigenvalue weighted by atomic mass is 10.0. The molecule has 1 unspecified atom stereocenters. The molecule has 2 heterocycles. The highest BCUT2D eigenvalue weighted by Gasteiger charge is 2.15. The summed E-state index contributed by atoms with van der Waals surface area (Å²) in [6.45, 7) is 5.63. The minimum atomic E-state index is -0.912. The zero-order chi connectivity index (χ0) is 18.8. The fourth-order valence-corrected chi connectivity index (χ4v) is 2.67. The molecule has 3 rings (SSSR count). The molecule has 26 heavy (non-hydrogen) atoms. The summed E-state index contributed by atoms with van der Waals surface area (Å²) in [6.07, 6.45) is 3.20. The maximum atomic E-state index is 12.5. The lowest BCUT2D eigenvalue weighted by molar-refractivity contribution is -0.138. The van der Waals surface area contributed by atoms with Gasteiger partial charge in [-0.2, -0.15) is 5.10 Å². The second-order valence-corrected chi connectivity index (χ2v) is 6.46. The van der Waals surface area contributed by atoms with Gasteiger partial charge in [0.25, 0.3) is 5.91 Å². The standard InChI is InChI=1S/C19H20N4O3/c1-11(2)23-17-14(10-21-23)7-15(9-20-17)18(24)22-16-6-4-5-13(8-16)12(3)19(25)26/h4-12H,1-3H3,(H,22,24)(H,25,26). The van der Waals surface area contributed by atoms with Gasteiger partial charge in [-0.3, -0.25) is 9.59 Å². The molecule has 0 bridgehead atoms. The van der Waals surface area contributed by atoms with E-state index in [2.05, 4.69) is 15.4 Å². The topological polar surface area (TPSA) is 97.1 Å². The summed E-state index contributed by atoms with van der Waals surface area (Å²) in [7, 11) is 0. The zero-order valence-electron chi connectivity index (χ0n) is 14.8. The number of carbonyl (C=O) groups excluding carboxylic acids is 1. The van der Waals surface area contributed by atoms with Gasteiger partial charge in [-0.05, 0) is 44.5 Å². The van der Waals surface area contributed by atoms with Gasteiger partial charge in [-0.15, -0.1) is 0 Å². The molecule has 7 heteroatoms. The number of fused-ring (bicyclic) bond motifs is 1. The van der Waals surface area contributed by atoms with E-state index in [4.69, 9.17) is 5.11 Å². The van der Waals surface area contributed by atoms with E-state index in [1.54, 1.807) is 48.1 Å². The number of carboxylic acids is 1. The van der Waals surface area contributed by atoms with Crippen LogP contribution in [-0.4, -0.2) is 31.7 Å². The third-order valence-electron chi connectivity index (χ3n) is 4.20. The smallest absolute Gasteiger partial charge is 0.310 e. The summed E-state index contributed by atoms with van der Waals surface area (Å²) in [5.74, 6) is -1.87. The summed E-state index contributed by atoms with van der Waals surface area (Å²) in [5, 5.41) is 17.0.